The Kier molecular flexibility index (Phi) is 7.22. The van der Waals surface area contributed by atoms with E-state index in [1.807, 2.05) is 40.1 Å². The van der Waals surface area contributed by atoms with Crippen LogP contribution < -0.4 is 10.2 Å². The van der Waals surface area contributed by atoms with Crippen LogP contribution in [0.1, 0.15) is 29.5 Å². The van der Waals surface area contributed by atoms with E-state index in [4.69, 9.17) is 10.00 Å². The molecule has 35 heavy (non-hydrogen) atoms. The van der Waals surface area contributed by atoms with Crippen molar-refractivity contribution in [3.8, 4) is 6.07 Å². The molecule has 2 aromatic carbocycles. The minimum absolute atomic E-state index is 0.108. The van der Waals surface area contributed by atoms with Gasteiger partial charge in [0.2, 0.25) is 0 Å². The topological polar surface area (TPSA) is 68.6 Å². The molecular weight excluding hydrogens is 457 g/mol. The third kappa shape index (κ3) is 5.38. The maximum absolute atomic E-state index is 13.5. The molecule has 0 bridgehead atoms. The number of benzene rings is 2. The highest BCUT2D eigenvalue weighted by Gasteiger charge is 2.49. The van der Waals surface area contributed by atoms with Crippen molar-refractivity contribution in [1.82, 2.24) is 10.2 Å². The molecule has 9 heteroatoms. The van der Waals surface area contributed by atoms with Gasteiger partial charge in [0, 0.05) is 51.4 Å². The van der Waals surface area contributed by atoms with Gasteiger partial charge in [-0.05, 0) is 42.0 Å². The van der Waals surface area contributed by atoms with Crippen molar-refractivity contribution in [1.29, 1.82) is 5.26 Å². The van der Waals surface area contributed by atoms with Crippen LogP contribution >= 0.6 is 0 Å². The van der Waals surface area contributed by atoms with Gasteiger partial charge in [0.1, 0.15) is 0 Å². The number of amides is 2. The van der Waals surface area contributed by atoms with Crippen LogP contribution in [-0.2, 0) is 17.5 Å². The zero-order chi connectivity index (χ0) is 25.1. The van der Waals surface area contributed by atoms with Crippen LogP contribution in [0.4, 0.5) is 23.7 Å². The van der Waals surface area contributed by atoms with Crippen molar-refractivity contribution in [2.45, 2.75) is 25.6 Å². The number of hydrogen-bond donors (Lipinski definition) is 1. The Morgan fingerprint density at radius 3 is 2.54 bits per heavy atom. The Hall–Kier alpha value is -3.25. The van der Waals surface area contributed by atoms with Crippen LogP contribution in [0.15, 0.2) is 48.5 Å². The average Bonchev–Trinajstić information content (AvgIpc) is 3.20. The van der Waals surface area contributed by atoms with Crippen LogP contribution in [0.5, 0.6) is 0 Å². The largest absolute Gasteiger partial charge is 0.417 e. The van der Waals surface area contributed by atoms with E-state index in [1.54, 1.807) is 19.2 Å². The van der Waals surface area contributed by atoms with Crippen molar-refractivity contribution >= 4 is 11.7 Å². The lowest BCUT2D eigenvalue weighted by Crippen LogP contribution is -2.50. The molecule has 186 valence electrons. The third-order valence-corrected chi connectivity index (χ3v) is 7.31. The molecule has 2 heterocycles. The number of ether oxygens (including phenoxy) is 1. The maximum atomic E-state index is 13.5. The smallest absolute Gasteiger partial charge is 0.384 e. The highest BCUT2D eigenvalue weighted by Crippen LogP contribution is 2.47. The van der Waals surface area contributed by atoms with Crippen molar-refractivity contribution in [3.63, 3.8) is 0 Å². The number of nitrogens with zero attached hydrogens (tertiary/aromatic N) is 3. The van der Waals surface area contributed by atoms with Gasteiger partial charge in [-0.1, -0.05) is 30.3 Å². The predicted octanol–water partition coefficient (Wildman–Crippen LogP) is 4.65. The molecule has 1 N–H and O–H groups in total. The van der Waals surface area contributed by atoms with E-state index in [0.29, 0.717) is 45.0 Å². The number of urea groups is 1. The van der Waals surface area contributed by atoms with E-state index >= 15 is 0 Å². The Morgan fingerprint density at radius 2 is 1.91 bits per heavy atom. The van der Waals surface area contributed by atoms with Gasteiger partial charge in [0.25, 0.3) is 0 Å². The van der Waals surface area contributed by atoms with Gasteiger partial charge >= 0.3 is 12.2 Å². The third-order valence-electron chi connectivity index (χ3n) is 7.31. The summed E-state index contributed by atoms with van der Waals surface area (Å²) in [5.41, 5.74) is 0.0439. The molecule has 0 radical (unpaired) electrons. The van der Waals surface area contributed by atoms with Gasteiger partial charge in [0.05, 0.1) is 23.8 Å². The number of hydrogen-bond acceptors (Lipinski definition) is 4. The molecule has 2 amide bonds. The quantitative estimate of drug-likeness (QED) is 0.668. The maximum Gasteiger partial charge on any atom is 0.417 e. The Morgan fingerprint density at radius 1 is 1.20 bits per heavy atom. The molecule has 1 unspecified atom stereocenters. The monoisotopic (exact) mass is 486 g/mol. The van der Waals surface area contributed by atoms with Crippen molar-refractivity contribution in [2.75, 3.05) is 44.8 Å². The van der Waals surface area contributed by atoms with E-state index in [2.05, 4.69) is 5.32 Å². The summed E-state index contributed by atoms with van der Waals surface area (Å²) in [4.78, 5) is 16.5. The van der Waals surface area contributed by atoms with E-state index in [-0.39, 0.29) is 22.9 Å². The minimum Gasteiger partial charge on any atom is -0.384 e. The Labute approximate surface area is 203 Å². The molecule has 2 saturated heterocycles. The number of halogens is 3. The van der Waals surface area contributed by atoms with Crippen LogP contribution in [0.3, 0.4) is 0 Å². The number of anilines is 1. The molecule has 1 atom stereocenters. The normalized spacial score (nSPS) is 19.6. The van der Waals surface area contributed by atoms with E-state index in [9.17, 15) is 18.0 Å². The summed E-state index contributed by atoms with van der Waals surface area (Å²) >= 11 is 0. The van der Waals surface area contributed by atoms with Gasteiger partial charge in [-0.15, -0.1) is 0 Å². The zero-order valence-electron chi connectivity index (χ0n) is 19.6. The van der Waals surface area contributed by atoms with E-state index in [1.165, 1.54) is 6.07 Å². The summed E-state index contributed by atoms with van der Waals surface area (Å²) in [6, 6.07) is 15.1. The van der Waals surface area contributed by atoms with Crippen molar-refractivity contribution < 1.29 is 22.7 Å². The first-order chi connectivity index (χ1) is 16.8. The van der Waals surface area contributed by atoms with Gasteiger partial charge < -0.3 is 19.9 Å². The number of piperidine rings is 1. The lowest BCUT2D eigenvalue weighted by atomic mass is 9.71. The number of carbonyl (C=O) groups is 1. The Bertz CT molecular complexity index is 1080. The van der Waals surface area contributed by atoms with E-state index in [0.717, 1.165) is 24.5 Å². The van der Waals surface area contributed by atoms with Gasteiger partial charge in [0.15, 0.2) is 0 Å². The van der Waals surface area contributed by atoms with Gasteiger partial charge in [-0.25, -0.2) is 4.79 Å². The lowest BCUT2D eigenvalue weighted by molar-refractivity contribution is -0.137. The van der Waals surface area contributed by atoms with Crippen LogP contribution in [0.2, 0.25) is 0 Å². The highest BCUT2D eigenvalue weighted by atomic mass is 19.4. The summed E-state index contributed by atoms with van der Waals surface area (Å²) < 4.78 is 46.0. The second kappa shape index (κ2) is 10.2. The first-order valence-corrected chi connectivity index (χ1v) is 11.7. The average molecular weight is 487 g/mol. The number of nitriles is 1. The molecular formula is C26H29F3N4O2. The molecule has 2 aromatic rings. The number of carbonyl (C=O) groups excluding carboxylic acids is 1. The second-order valence-electron chi connectivity index (χ2n) is 9.37. The first-order valence-electron chi connectivity index (χ1n) is 11.7. The summed E-state index contributed by atoms with van der Waals surface area (Å²) in [5, 5.41) is 12.1. The molecule has 0 aliphatic carbocycles. The van der Waals surface area contributed by atoms with Crippen LogP contribution in [-0.4, -0.2) is 50.8 Å². The summed E-state index contributed by atoms with van der Waals surface area (Å²) in [6.45, 7) is 3.27. The number of rotatable bonds is 5. The zero-order valence-corrected chi connectivity index (χ0v) is 19.6. The lowest BCUT2D eigenvalue weighted by Gasteiger charge is -2.42. The van der Waals surface area contributed by atoms with Gasteiger partial charge in [-0.3, -0.25) is 0 Å². The SMILES string of the molecule is COCC1CN(c2ccc(C#N)c(C(F)(F)F)c2)CC12CCN(C(=O)NCc1ccccc1)CC2. The molecule has 0 aromatic heterocycles. The number of nitrogens with one attached hydrogen (secondary N) is 1. The summed E-state index contributed by atoms with van der Waals surface area (Å²) in [7, 11) is 1.63. The highest BCUT2D eigenvalue weighted by molar-refractivity contribution is 5.74. The second-order valence-corrected chi connectivity index (χ2v) is 9.37. The first kappa shape index (κ1) is 24.9. The molecule has 0 saturated carbocycles. The predicted molar refractivity (Wildman–Crippen MR) is 126 cm³/mol. The van der Waals surface area contributed by atoms with E-state index < -0.39 is 11.7 Å². The molecule has 4 rings (SSSR count). The fourth-order valence-electron chi connectivity index (χ4n) is 5.33. The summed E-state index contributed by atoms with van der Waals surface area (Å²) in [6.07, 6.45) is -3.10. The van der Waals surface area contributed by atoms with Crippen LogP contribution in [0.25, 0.3) is 0 Å². The van der Waals surface area contributed by atoms with Crippen molar-refractivity contribution in [3.05, 3.63) is 65.2 Å². The Balaban J connectivity index is 1.44. The number of alkyl halides is 3. The number of methoxy groups -OCH3 is 1. The van der Waals surface area contributed by atoms with Crippen LogP contribution in [0, 0.1) is 22.7 Å². The van der Waals surface area contributed by atoms with Gasteiger partial charge in [-0.2, -0.15) is 18.4 Å². The fraction of sp³-hybridized carbons (Fsp3) is 0.462. The van der Waals surface area contributed by atoms with Crippen molar-refractivity contribution in [2.24, 2.45) is 11.3 Å². The number of likely N-dealkylation sites (tertiary alicyclic amines) is 1. The molecule has 6 nitrogen and oxygen atoms in total. The molecule has 2 aliphatic heterocycles. The molecule has 2 aliphatic rings. The molecule has 1 spiro atoms. The standard InChI is InChI=1S/C26H29F3N4O2/c1-35-17-21-16-33(22-8-7-20(14-30)23(13-22)26(27,28)29)18-25(21)9-11-32(12-10-25)24(34)31-15-19-5-3-2-4-6-19/h2-8,13,21H,9-12,15-18H2,1H3,(H,31,34). The summed E-state index contributed by atoms with van der Waals surface area (Å²) in [5.74, 6) is 0.131. The minimum atomic E-state index is -4.59. The molecule has 2 fully saturated rings. The fourth-order valence-corrected chi connectivity index (χ4v) is 5.33.